The van der Waals surface area contributed by atoms with Crippen molar-refractivity contribution in [1.82, 2.24) is 5.32 Å². The molecule has 0 radical (unpaired) electrons. The van der Waals surface area contributed by atoms with Gasteiger partial charge in [-0.3, -0.25) is 0 Å². The van der Waals surface area contributed by atoms with E-state index in [1.54, 1.807) is 0 Å². The van der Waals surface area contributed by atoms with Gasteiger partial charge in [-0.25, -0.2) is 0 Å². The first-order chi connectivity index (χ1) is 9.81. The monoisotopic (exact) mass is 267 g/mol. The second-order valence-corrected chi connectivity index (χ2v) is 5.47. The van der Waals surface area contributed by atoms with E-state index in [4.69, 9.17) is 0 Å². The van der Waals surface area contributed by atoms with E-state index < -0.39 is 0 Å². The Hall–Kier alpha value is -1.60. The van der Waals surface area contributed by atoms with Crippen molar-refractivity contribution < 1.29 is 0 Å². The summed E-state index contributed by atoms with van der Waals surface area (Å²) in [5.41, 5.74) is 2.77. The van der Waals surface area contributed by atoms with Crippen molar-refractivity contribution in [3.8, 4) is 0 Å². The maximum absolute atomic E-state index is 3.68. The Kier molecular flexibility index (Phi) is 5.82. The minimum Gasteiger partial charge on any atom is -0.313 e. The Bertz CT molecular complexity index is 438. The quantitative estimate of drug-likeness (QED) is 0.773. The van der Waals surface area contributed by atoms with Crippen molar-refractivity contribution in [1.29, 1.82) is 0 Å². The minimum absolute atomic E-state index is 0.428. The maximum atomic E-state index is 3.68. The fraction of sp³-hybridized carbons (Fsp3) is 0.368. The summed E-state index contributed by atoms with van der Waals surface area (Å²) in [6.07, 6.45) is 2.46. The maximum Gasteiger partial charge on any atom is 0.0214 e. The number of hydrogen-bond acceptors (Lipinski definition) is 1. The van der Waals surface area contributed by atoms with Gasteiger partial charge in [0.2, 0.25) is 0 Å². The Morgan fingerprint density at radius 2 is 1.35 bits per heavy atom. The second-order valence-electron chi connectivity index (χ2n) is 5.47. The van der Waals surface area contributed by atoms with Crippen LogP contribution in [0.5, 0.6) is 0 Å². The Balaban J connectivity index is 2.13. The SMILES string of the molecule is CCCC(C)NCC(c1ccccc1)c1ccccc1. The van der Waals surface area contributed by atoms with Crippen LogP contribution in [0.2, 0.25) is 0 Å². The third-order valence-corrected chi connectivity index (χ3v) is 3.80. The largest absolute Gasteiger partial charge is 0.313 e. The molecule has 1 unspecified atom stereocenters. The molecule has 0 bridgehead atoms. The molecule has 0 aliphatic carbocycles. The van der Waals surface area contributed by atoms with Crippen LogP contribution in [0, 0.1) is 0 Å². The van der Waals surface area contributed by atoms with Crippen LogP contribution < -0.4 is 5.32 Å². The highest BCUT2D eigenvalue weighted by Gasteiger charge is 2.14. The lowest BCUT2D eigenvalue weighted by atomic mass is 9.91. The van der Waals surface area contributed by atoms with E-state index in [0.29, 0.717) is 12.0 Å². The molecule has 2 aromatic rings. The number of benzene rings is 2. The van der Waals surface area contributed by atoms with E-state index in [-0.39, 0.29) is 0 Å². The second kappa shape index (κ2) is 7.86. The van der Waals surface area contributed by atoms with Gasteiger partial charge in [0, 0.05) is 18.5 Å². The summed E-state index contributed by atoms with van der Waals surface area (Å²) >= 11 is 0. The molecule has 1 atom stereocenters. The highest BCUT2D eigenvalue weighted by molar-refractivity contribution is 5.32. The van der Waals surface area contributed by atoms with Gasteiger partial charge >= 0.3 is 0 Å². The zero-order valence-electron chi connectivity index (χ0n) is 12.5. The van der Waals surface area contributed by atoms with E-state index in [9.17, 15) is 0 Å². The van der Waals surface area contributed by atoms with Gasteiger partial charge < -0.3 is 5.32 Å². The summed E-state index contributed by atoms with van der Waals surface area (Å²) < 4.78 is 0. The van der Waals surface area contributed by atoms with Crippen molar-refractivity contribution >= 4 is 0 Å². The zero-order chi connectivity index (χ0) is 14.2. The van der Waals surface area contributed by atoms with Gasteiger partial charge in [-0.15, -0.1) is 0 Å². The van der Waals surface area contributed by atoms with Crippen LogP contribution in [0.3, 0.4) is 0 Å². The molecule has 0 aliphatic rings. The van der Waals surface area contributed by atoms with Crippen LogP contribution in [-0.2, 0) is 0 Å². The van der Waals surface area contributed by atoms with Gasteiger partial charge in [0.25, 0.3) is 0 Å². The molecule has 1 heteroatoms. The summed E-state index contributed by atoms with van der Waals surface area (Å²) in [5, 5.41) is 3.68. The molecule has 0 heterocycles. The molecular weight excluding hydrogens is 242 g/mol. The first kappa shape index (κ1) is 14.8. The molecule has 1 N–H and O–H groups in total. The summed E-state index contributed by atoms with van der Waals surface area (Å²) in [6, 6.07) is 22.1. The van der Waals surface area contributed by atoms with E-state index in [0.717, 1.165) is 6.54 Å². The summed E-state index contributed by atoms with van der Waals surface area (Å²) in [7, 11) is 0. The molecule has 2 rings (SSSR count). The topological polar surface area (TPSA) is 12.0 Å². The third kappa shape index (κ3) is 4.21. The Morgan fingerprint density at radius 1 is 0.850 bits per heavy atom. The van der Waals surface area contributed by atoms with Gasteiger partial charge in [0.05, 0.1) is 0 Å². The number of hydrogen-bond donors (Lipinski definition) is 1. The molecule has 0 aliphatic heterocycles. The zero-order valence-corrected chi connectivity index (χ0v) is 12.5. The van der Waals surface area contributed by atoms with E-state index >= 15 is 0 Å². The third-order valence-electron chi connectivity index (χ3n) is 3.80. The van der Waals surface area contributed by atoms with Crippen LogP contribution in [0.4, 0.5) is 0 Å². The molecule has 1 nitrogen and oxygen atoms in total. The predicted octanol–water partition coefficient (Wildman–Crippen LogP) is 4.60. The van der Waals surface area contributed by atoms with Gasteiger partial charge in [-0.1, -0.05) is 74.0 Å². The average molecular weight is 267 g/mol. The molecule has 0 aromatic heterocycles. The van der Waals surface area contributed by atoms with Crippen LogP contribution in [0.25, 0.3) is 0 Å². The fourth-order valence-electron chi connectivity index (χ4n) is 2.65. The van der Waals surface area contributed by atoms with Crippen molar-refractivity contribution in [3.05, 3.63) is 71.8 Å². The summed E-state index contributed by atoms with van der Waals surface area (Å²) in [5.74, 6) is 0.428. The molecule has 2 aromatic carbocycles. The molecule has 0 saturated heterocycles. The summed E-state index contributed by atoms with van der Waals surface area (Å²) in [6.45, 7) is 5.51. The van der Waals surface area contributed by atoms with Gasteiger partial charge in [0.15, 0.2) is 0 Å². The van der Waals surface area contributed by atoms with Crippen LogP contribution in [-0.4, -0.2) is 12.6 Å². The standard InChI is InChI=1S/C19H25N/c1-3-10-16(2)20-15-19(17-11-6-4-7-12-17)18-13-8-5-9-14-18/h4-9,11-14,16,19-20H,3,10,15H2,1-2H3. The first-order valence-corrected chi connectivity index (χ1v) is 7.64. The van der Waals surface area contributed by atoms with Crippen molar-refractivity contribution in [3.63, 3.8) is 0 Å². The van der Waals surface area contributed by atoms with Crippen LogP contribution >= 0.6 is 0 Å². The molecule has 20 heavy (non-hydrogen) atoms. The number of rotatable bonds is 7. The van der Waals surface area contributed by atoms with E-state index in [2.05, 4.69) is 79.8 Å². The van der Waals surface area contributed by atoms with Crippen molar-refractivity contribution in [2.45, 2.75) is 38.6 Å². The lowest BCUT2D eigenvalue weighted by Crippen LogP contribution is -2.30. The minimum atomic E-state index is 0.428. The predicted molar refractivity (Wildman–Crippen MR) is 87.1 cm³/mol. The van der Waals surface area contributed by atoms with Gasteiger partial charge in [-0.2, -0.15) is 0 Å². The van der Waals surface area contributed by atoms with Crippen LogP contribution in [0.15, 0.2) is 60.7 Å². The van der Waals surface area contributed by atoms with Crippen LogP contribution in [0.1, 0.15) is 43.7 Å². The molecule has 0 saturated carbocycles. The van der Waals surface area contributed by atoms with Crippen molar-refractivity contribution in [2.75, 3.05) is 6.54 Å². The van der Waals surface area contributed by atoms with E-state index in [1.165, 1.54) is 24.0 Å². The lowest BCUT2D eigenvalue weighted by molar-refractivity contribution is 0.495. The van der Waals surface area contributed by atoms with E-state index in [1.807, 2.05) is 0 Å². The molecular formula is C19H25N. The summed E-state index contributed by atoms with van der Waals surface area (Å²) in [4.78, 5) is 0. The normalized spacial score (nSPS) is 12.6. The average Bonchev–Trinajstić information content (AvgIpc) is 2.50. The fourth-order valence-corrected chi connectivity index (χ4v) is 2.65. The van der Waals surface area contributed by atoms with Crippen molar-refractivity contribution in [2.24, 2.45) is 0 Å². The number of nitrogens with one attached hydrogen (secondary N) is 1. The van der Waals surface area contributed by atoms with Gasteiger partial charge in [-0.05, 0) is 24.5 Å². The lowest BCUT2D eigenvalue weighted by Gasteiger charge is -2.21. The molecule has 0 spiro atoms. The Morgan fingerprint density at radius 3 is 1.80 bits per heavy atom. The molecule has 0 amide bonds. The Labute approximate surface area is 123 Å². The van der Waals surface area contributed by atoms with Gasteiger partial charge in [0.1, 0.15) is 0 Å². The smallest absolute Gasteiger partial charge is 0.0214 e. The molecule has 0 fully saturated rings. The molecule has 106 valence electrons. The highest BCUT2D eigenvalue weighted by atomic mass is 14.9. The first-order valence-electron chi connectivity index (χ1n) is 7.64. The highest BCUT2D eigenvalue weighted by Crippen LogP contribution is 2.23.